The Morgan fingerprint density at radius 2 is 2.00 bits per heavy atom. The van der Waals surface area contributed by atoms with E-state index in [9.17, 15) is 4.79 Å². The Morgan fingerprint density at radius 3 is 2.75 bits per heavy atom. The van der Waals surface area contributed by atoms with Crippen LogP contribution in [0.4, 0.5) is 0 Å². The number of hydrogen-bond acceptors (Lipinski definition) is 5. The van der Waals surface area contributed by atoms with Crippen LogP contribution in [-0.4, -0.2) is 20.5 Å². The highest BCUT2D eigenvalue weighted by Crippen LogP contribution is 2.30. The number of aryl methyl sites for hydroxylation is 2. The number of carbonyl (C=O) groups excluding carboxylic acids is 1. The molecule has 0 saturated heterocycles. The quantitative estimate of drug-likeness (QED) is 0.393. The van der Waals surface area contributed by atoms with E-state index >= 15 is 0 Å². The van der Waals surface area contributed by atoms with Crippen LogP contribution in [-0.2, 0) is 13.7 Å². The molecule has 0 N–H and O–H groups in total. The number of ketones is 1. The standard InChI is InChI=1S/C20H15Cl2N3O2S/c1-11-18(19(26)13-8-7-12(21)9-14(13)22)20(25(2)24-11)27-10-17-23-15-5-3-4-6-16(15)28-17/h3-9H,10H2,1-2H3. The zero-order valence-electron chi connectivity index (χ0n) is 15.1. The second-order valence-corrected chi connectivity index (χ2v) is 8.17. The highest BCUT2D eigenvalue weighted by atomic mass is 35.5. The van der Waals surface area contributed by atoms with Crippen molar-refractivity contribution < 1.29 is 9.53 Å². The molecular weight excluding hydrogens is 417 g/mol. The van der Waals surface area contributed by atoms with Crippen LogP contribution in [0.5, 0.6) is 5.88 Å². The summed E-state index contributed by atoms with van der Waals surface area (Å²) in [6.45, 7) is 2.01. The molecule has 5 nitrogen and oxygen atoms in total. The van der Waals surface area contributed by atoms with Crippen molar-refractivity contribution >= 4 is 50.5 Å². The maximum Gasteiger partial charge on any atom is 0.223 e. The van der Waals surface area contributed by atoms with Gasteiger partial charge in [0.2, 0.25) is 11.7 Å². The summed E-state index contributed by atoms with van der Waals surface area (Å²) >= 11 is 13.7. The highest BCUT2D eigenvalue weighted by molar-refractivity contribution is 7.18. The minimum Gasteiger partial charge on any atom is -0.470 e. The maximum atomic E-state index is 13.1. The fraction of sp³-hybridized carbons (Fsp3) is 0.150. The predicted octanol–water partition coefficient (Wildman–Crippen LogP) is 5.46. The van der Waals surface area contributed by atoms with E-state index in [0.717, 1.165) is 15.2 Å². The fourth-order valence-corrected chi connectivity index (χ4v) is 4.36. The number of para-hydroxylation sites is 1. The monoisotopic (exact) mass is 431 g/mol. The molecule has 2 aromatic heterocycles. The molecule has 4 aromatic rings. The summed E-state index contributed by atoms with van der Waals surface area (Å²) in [5.74, 6) is 0.124. The number of rotatable bonds is 5. The van der Waals surface area contributed by atoms with Crippen molar-refractivity contribution in [2.45, 2.75) is 13.5 Å². The lowest BCUT2D eigenvalue weighted by atomic mass is 10.0. The van der Waals surface area contributed by atoms with Gasteiger partial charge in [0.1, 0.15) is 17.2 Å². The van der Waals surface area contributed by atoms with E-state index < -0.39 is 0 Å². The second kappa shape index (κ2) is 7.54. The molecule has 0 unspecified atom stereocenters. The third-order valence-corrected chi connectivity index (χ3v) is 5.80. The van der Waals surface area contributed by atoms with E-state index in [1.54, 1.807) is 48.2 Å². The van der Waals surface area contributed by atoms with Crippen molar-refractivity contribution in [3.63, 3.8) is 0 Å². The van der Waals surface area contributed by atoms with E-state index in [1.165, 1.54) is 0 Å². The van der Waals surface area contributed by atoms with E-state index in [2.05, 4.69) is 10.1 Å². The molecule has 0 amide bonds. The van der Waals surface area contributed by atoms with Gasteiger partial charge in [-0.3, -0.25) is 4.79 Å². The first-order chi connectivity index (χ1) is 13.4. The smallest absolute Gasteiger partial charge is 0.223 e. The number of benzene rings is 2. The Hall–Kier alpha value is -2.41. The molecule has 0 bridgehead atoms. The van der Waals surface area contributed by atoms with Gasteiger partial charge < -0.3 is 4.74 Å². The van der Waals surface area contributed by atoms with E-state index in [-0.39, 0.29) is 17.4 Å². The molecule has 8 heteroatoms. The molecule has 0 fully saturated rings. The van der Waals surface area contributed by atoms with Crippen molar-refractivity contribution in [2.75, 3.05) is 0 Å². The minimum atomic E-state index is -0.258. The number of fused-ring (bicyclic) bond motifs is 1. The van der Waals surface area contributed by atoms with Crippen molar-refractivity contribution in [1.82, 2.24) is 14.8 Å². The molecule has 0 aliphatic rings. The first-order valence-electron chi connectivity index (χ1n) is 8.44. The molecule has 28 heavy (non-hydrogen) atoms. The summed E-state index contributed by atoms with van der Waals surface area (Å²) in [5, 5.41) is 5.93. The van der Waals surface area contributed by atoms with Crippen molar-refractivity contribution in [3.8, 4) is 5.88 Å². The molecule has 0 spiro atoms. The molecule has 4 rings (SSSR count). The van der Waals surface area contributed by atoms with Crippen LogP contribution in [0.3, 0.4) is 0 Å². The van der Waals surface area contributed by atoms with E-state index in [4.69, 9.17) is 27.9 Å². The van der Waals surface area contributed by atoms with Gasteiger partial charge in [-0.15, -0.1) is 11.3 Å². The lowest BCUT2D eigenvalue weighted by Gasteiger charge is -2.08. The molecule has 2 heterocycles. The number of hydrogen-bond donors (Lipinski definition) is 0. The average Bonchev–Trinajstić information content (AvgIpc) is 3.19. The Morgan fingerprint density at radius 1 is 1.21 bits per heavy atom. The first kappa shape index (κ1) is 18.9. The number of nitrogens with zero attached hydrogens (tertiary/aromatic N) is 3. The van der Waals surface area contributed by atoms with Gasteiger partial charge in [-0.05, 0) is 37.3 Å². The average molecular weight is 432 g/mol. The van der Waals surface area contributed by atoms with Crippen LogP contribution in [0.25, 0.3) is 10.2 Å². The minimum absolute atomic E-state index is 0.243. The van der Waals surface area contributed by atoms with Gasteiger partial charge in [0.05, 0.1) is 20.9 Å². The predicted molar refractivity (Wildman–Crippen MR) is 112 cm³/mol. The highest BCUT2D eigenvalue weighted by Gasteiger charge is 2.25. The number of thiazole rings is 1. The molecule has 142 valence electrons. The Kier molecular flexibility index (Phi) is 5.10. The van der Waals surface area contributed by atoms with Gasteiger partial charge in [0, 0.05) is 17.6 Å². The molecule has 0 atom stereocenters. The van der Waals surface area contributed by atoms with Crippen LogP contribution in [0.15, 0.2) is 42.5 Å². The van der Waals surface area contributed by atoms with Crippen molar-refractivity contribution in [1.29, 1.82) is 0 Å². The second-order valence-electron chi connectivity index (χ2n) is 6.21. The third kappa shape index (κ3) is 3.51. The Bertz CT molecular complexity index is 1170. The van der Waals surface area contributed by atoms with Gasteiger partial charge in [-0.1, -0.05) is 35.3 Å². The van der Waals surface area contributed by atoms with E-state index in [0.29, 0.717) is 27.7 Å². The zero-order chi connectivity index (χ0) is 19.8. The maximum absolute atomic E-state index is 13.1. The molecule has 0 aliphatic heterocycles. The van der Waals surface area contributed by atoms with Crippen LogP contribution < -0.4 is 4.74 Å². The third-order valence-electron chi connectivity index (χ3n) is 4.24. The van der Waals surface area contributed by atoms with Gasteiger partial charge in [-0.2, -0.15) is 5.10 Å². The number of aromatic nitrogens is 3. The summed E-state index contributed by atoms with van der Waals surface area (Å²) in [6.07, 6.45) is 0. The largest absolute Gasteiger partial charge is 0.470 e. The van der Waals surface area contributed by atoms with Crippen LogP contribution in [0.2, 0.25) is 10.0 Å². The molecule has 2 aromatic carbocycles. The summed E-state index contributed by atoms with van der Waals surface area (Å²) in [7, 11) is 1.74. The number of halogens is 2. The Balaban J connectivity index is 1.65. The van der Waals surface area contributed by atoms with Crippen LogP contribution in [0.1, 0.15) is 26.6 Å². The number of ether oxygens (including phenoxy) is 1. The summed E-state index contributed by atoms with van der Waals surface area (Å²) in [5.41, 5.74) is 2.23. The normalized spacial score (nSPS) is 11.1. The lowest BCUT2D eigenvalue weighted by Crippen LogP contribution is -2.08. The van der Waals surface area contributed by atoms with Crippen LogP contribution >= 0.6 is 34.5 Å². The molecule has 0 radical (unpaired) electrons. The number of carbonyl (C=O) groups is 1. The van der Waals surface area contributed by atoms with Gasteiger partial charge in [-0.25, -0.2) is 9.67 Å². The van der Waals surface area contributed by atoms with Crippen molar-refractivity contribution in [2.24, 2.45) is 7.05 Å². The van der Waals surface area contributed by atoms with Gasteiger partial charge in [0.25, 0.3) is 0 Å². The molecule has 0 saturated carbocycles. The topological polar surface area (TPSA) is 57.0 Å². The van der Waals surface area contributed by atoms with E-state index in [1.807, 2.05) is 24.3 Å². The summed E-state index contributed by atoms with van der Waals surface area (Å²) in [4.78, 5) is 17.7. The SMILES string of the molecule is Cc1nn(C)c(OCc2nc3ccccc3s2)c1C(=O)c1ccc(Cl)cc1Cl. The van der Waals surface area contributed by atoms with Gasteiger partial charge in [0.15, 0.2) is 0 Å². The summed E-state index contributed by atoms with van der Waals surface area (Å²) < 4.78 is 8.61. The molecular formula is C20H15Cl2N3O2S. The lowest BCUT2D eigenvalue weighted by molar-refractivity contribution is 0.103. The summed E-state index contributed by atoms with van der Waals surface area (Å²) in [6, 6.07) is 12.7. The Labute approximate surface area is 175 Å². The molecule has 0 aliphatic carbocycles. The zero-order valence-corrected chi connectivity index (χ0v) is 17.4. The van der Waals surface area contributed by atoms with Crippen molar-refractivity contribution in [3.05, 3.63) is 74.3 Å². The first-order valence-corrected chi connectivity index (χ1v) is 10.0. The van der Waals surface area contributed by atoms with Crippen LogP contribution in [0, 0.1) is 6.92 Å². The van der Waals surface area contributed by atoms with Gasteiger partial charge >= 0.3 is 0 Å². The fourth-order valence-electron chi connectivity index (χ4n) is 2.98.